The minimum Gasteiger partial charge on any atom is -0.360 e. The van der Waals surface area contributed by atoms with Crippen LogP contribution < -0.4 is 0 Å². The number of aromatic amines is 1. The Kier molecular flexibility index (Phi) is 0.842. The molecule has 3 nitrogen and oxygen atoms in total. The van der Waals surface area contributed by atoms with Gasteiger partial charge in [-0.3, -0.25) is 4.57 Å². The highest BCUT2D eigenvalue weighted by Gasteiger charge is 1.95. The molecule has 0 aliphatic heterocycles. The first-order chi connectivity index (χ1) is 4.90. The van der Waals surface area contributed by atoms with Gasteiger partial charge in [0.2, 0.25) is 0 Å². The van der Waals surface area contributed by atoms with E-state index in [-0.39, 0.29) is 0 Å². The lowest BCUT2D eigenvalue weighted by Crippen LogP contribution is -1.77. The lowest BCUT2D eigenvalue weighted by molar-refractivity contribution is 1.10. The van der Waals surface area contributed by atoms with Crippen molar-refractivity contribution in [2.75, 3.05) is 0 Å². The summed E-state index contributed by atoms with van der Waals surface area (Å²) in [4.78, 5) is 3.00. The van der Waals surface area contributed by atoms with Crippen molar-refractivity contribution in [2.24, 2.45) is 0 Å². The molecule has 0 saturated heterocycles. The molecular weight excluding hydrogens is 126 g/mol. The van der Waals surface area contributed by atoms with Gasteiger partial charge in [0.25, 0.3) is 0 Å². The SMILES string of the molecule is N#Cn1cc2cc[nH]c2c1. The van der Waals surface area contributed by atoms with E-state index in [2.05, 4.69) is 4.98 Å². The molecular formula is C7H5N3. The molecule has 0 amide bonds. The number of hydrogen-bond donors (Lipinski definition) is 1. The third-order valence-electron chi connectivity index (χ3n) is 1.47. The van der Waals surface area contributed by atoms with Gasteiger partial charge in [-0.15, -0.1) is 0 Å². The second-order valence-electron chi connectivity index (χ2n) is 2.11. The minimum absolute atomic E-state index is 1.00. The van der Waals surface area contributed by atoms with Gasteiger partial charge < -0.3 is 4.98 Å². The molecule has 0 bridgehead atoms. The van der Waals surface area contributed by atoms with Crippen LogP contribution in [0.5, 0.6) is 0 Å². The first-order valence-electron chi connectivity index (χ1n) is 2.95. The van der Waals surface area contributed by atoms with Crippen LogP contribution in [0.4, 0.5) is 0 Å². The van der Waals surface area contributed by atoms with Crippen molar-refractivity contribution >= 4 is 10.9 Å². The fourth-order valence-corrected chi connectivity index (χ4v) is 1.00. The van der Waals surface area contributed by atoms with Gasteiger partial charge in [0.15, 0.2) is 6.19 Å². The van der Waals surface area contributed by atoms with Crippen LogP contribution in [-0.2, 0) is 0 Å². The van der Waals surface area contributed by atoms with E-state index in [9.17, 15) is 0 Å². The number of rotatable bonds is 0. The van der Waals surface area contributed by atoms with Crippen molar-refractivity contribution < 1.29 is 0 Å². The maximum absolute atomic E-state index is 8.46. The normalized spacial score (nSPS) is 9.90. The Bertz CT molecular complexity index is 360. The van der Waals surface area contributed by atoms with Crippen molar-refractivity contribution in [2.45, 2.75) is 0 Å². The molecule has 48 valence electrons. The van der Waals surface area contributed by atoms with Gasteiger partial charge in [0.05, 0.1) is 5.52 Å². The standard InChI is InChI=1S/C7H5N3/c8-5-10-3-6-1-2-9-7(6)4-10/h1-4,9H. The molecule has 3 heteroatoms. The highest BCUT2D eigenvalue weighted by atomic mass is 14.9. The molecule has 0 aliphatic carbocycles. The fraction of sp³-hybridized carbons (Fsp3) is 0. The van der Waals surface area contributed by atoms with Crippen molar-refractivity contribution in [1.82, 2.24) is 9.55 Å². The third-order valence-corrected chi connectivity index (χ3v) is 1.47. The fourth-order valence-electron chi connectivity index (χ4n) is 1.00. The minimum atomic E-state index is 1.00. The molecule has 0 atom stereocenters. The average Bonchev–Trinajstić information content (AvgIpc) is 2.42. The van der Waals surface area contributed by atoms with Crippen LogP contribution in [0.2, 0.25) is 0 Å². The Morgan fingerprint density at radius 3 is 3.10 bits per heavy atom. The molecule has 0 spiro atoms. The van der Waals surface area contributed by atoms with Crippen LogP contribution >= 0.6 is 0 Å². The van der Waals surface area contributed by atoms with Gasteiger partial charge in [0, 0.05) is 24.0 Å². The highest BCUT2D eigenvalue weighted by Crippen LogP contribution is 2.11. The summed E-state index contributed by atoms with van der Waals surface area (Å²) in [5.41, 5.74) is 1.00. The number of aromatic nitrogens is 2. The summed E-state index contributed by atoms with van der Waals surface area (Å²) in [5.74, 6) is 0. The number of fused-ring (bicyclic) bond motifs is 1. The number of H-pyrrole nitrogens is 1. The lowest BCUT2D eigenvalue weighted by atomic mass is 10.4. The quantitative estimate of drug-likeness (QED) is 0.575. The first kappa shape index (κ1) is 5.12. The second kappa shape index (κ2) is 1.64. The van der Waals surface area contributed by atoms with Crippen LogP contribution in [0.25, 0.3) is 10.9 Å². The van der Waals surface area contributed by atoms with E-state index in [0.717, 1.165) is 10.9 Å². The van der Waals surface area contributed by atoms with Gasteiger partial charge in [-0.2, -0.15) is 5.26 Å². The Labute approximate surface area is 57.5 Å². The van der Waals surface area contributed by atoms with Crippen LogP contribution in [0, 0.1) is 11.5 Å². The molecule has 0 unspecified atom stereocenters. The van der Waals surface area contributed by atoms with Crippen molar-refractivity contribution in [3.8, 4) is 6.19 Å². The van der Waals surface area contributed by atoms with Gasteiger partial charge in [-0.25, -0.2) is 0 Å². The molecule has 2 heterocycles. The Morgan fingerprint density at radius 2 is 2.40 bits per heavy atom. The molecule has 0 aromatic carbocycles. The predicted octanol–water partition coefficient (Wildman–Crippen LogP) is 1.30. The first-order valence-corrected chi connectivity index (χ1v) is 2.95. The van der Waals surface area contributed by atoms with Gasteiger partial charge in [-0.05, 0) is 6.07 Å². The van der Waals surface area contributed by atoms with E-state index in [4.69, 9.17) is 5.26 Å². The van der Waals surface area contributed by atoms with Crippen molar-refractivity contribution in [3.05, 3.63) is 24.7 Å². The van der Waals surface area contributed by atoms with Crippen molar-refractivity contribution in [1.29, 1.82) is 5.26 Å². The van der Waals surface area contributed by atoms with E-state index in [0.29, 0.717) is 0 Å². The summed E-state index contributed by atoms with van der Waals surface area (Å²) in [5, 5.41) is 9.53. The van der Waals surface area contributed by atoms with Crippen molar-refractivity contribution in [3.63, 3.8) is 0 Å². The summed E-state index contributed by atoms with van der Waals surface area (Å²) >= 11 is 0. The van der Waals surface area contributed by atoms with E-state index in [1.807, 2.05) is 18.5 Å². The zero-order valence-corrected chi connectivity index (χ0v) is 5.20. The molecule has 2 rings (SSSR count). The summed E-state index contributed by atoms with van der Waals surface area (Å²) < 4.78 is 1.47. The van der Waals surface area contributed by atoms with E-state index in [1.54, 1.807) is 12.4 Å². The van der Waals surface area contributed by atoms with Gasteiger partial charge >= 0.3 is 0 Å². The molecule has 1 N–H and O–H groups in total. The van der Waals surface area contributed by atoms with E-state index >= 15 is 0 Å². The molecule has 0 saturated carbocycles. The van der Waals surface area contributed by atoms with E-state index < -0.39 is 0 Å². The number of hydrogen-bond acceptors (Lipinski definition) is 1. The van der Waals surface area contributed by atoms with Crippen LogP contribution in [-0.4, -0.2) is 9.55 Å². The second-order valence-corrected chi connectivity index (χ2v) is 2.11. The molecule has 2 aromatic heterocycles. The maximum atomic E-state index is 8.46. The molecule has 0 radical (unpaired) electrons. The molecule has 0 aliphatic rings. The third kappa shape index (κ3) is 0.531. The predicted molar refractivity (Wildman–Crippen MR) is 37.3 cm³/mol. The summed E-state index contributed by atoms with van der Waals surface area (Å²) in [6.07, 6.45) is 7.40. The maximum Gasteiger partial charge on any atom is 0.188 e. The number of nitriles is 1. The van der Waals surface area contributed by atoms with Gasteiger partial charge in [-0.1, -0.05) is 0 Å². The van der Waals surface area contributed by atoms with Crippen LogP contribution in [0.15, 0.2) is 24.7 Å². The van der Waals surface area contributed by atoms with E-state index in [1.165, 1.54) is 4.57 Å². The van der Waals surface area contributed by atoms with Crippen LogP contribution in [0.3, 0.4) is 0 Å². The topological polar surface area (TPSA) is 44.5 Å². The Hall–Kier alpha value is -1.69. The summed E-state index contributed by atoms with van der Waals surface area (Å²) in [6.45, 7) is 0. The Morgan fingerprint density at radius 1 is 1.50 bits per heavy atom. The average molecular weight is 131 g/mol. The number of nitrogens with one attached hydrogen (secondary N) is 1. The lowest BCUT2D eigenvalue weighted by Gasteiger charge is -1.77. The van der Waals surface area contributed by atoms with Crippen LogP contribution in [0.1, 0.15) is 0 Å². The molecule has 2 aromatic rings. The summed E-state index contributed by atoms with van der Waals surface area (Å²) in [7, 11) is 0. The zero-order chi connectivity index (χ0) is 6.97. The monoisotopic (exact) mass is 131 g/mol. The highest BCUT2D eigenvalue weighted by molar-refractivity contribution is 5.79. The van der Waals surface area contributed by atoms with Gasteiger partial charge in [0.1, 0.15) is 0 Å². The largest absolute Gasteiger partial charge is 0.360 e. The molecule has 10 heavy (non-hydrogen) atoms. The summed E-state index contributed by atoms with van der Waals surface area (Å²) in [6, 6.07) is 1.93. The Balaban J connectivity index is 2.81. The smallest absolute Gasteiger partial charge is 0.188 e. The zero-order valence-electron chi connectivity index (χ0n) is 5.20. The molecule has 0 fully saturated rings. The number of nitrogens with zero attached hydrogens (tertiary/aromatic N) is 2.